The first-order valence-corrected chi connectivity index (χ1v) is 5.64. The van der Waals surface area contributed by atoms with E-state index in [2.05, 4.69) is 20.5 Å². The van der Waals surface area contributed by atoms with Crippen molar-refractivity contribution in [2.75, 3.05) is 13.1 Å². The van der Waals surface area contributed by atoms with Crippen LogP contribution in [0.25, 0.3) is 0 Å². The van der Waals surface area contributed by atoms with Crippen LogP contribution in [0.5, 0.6) is 0 Å². The number of aromatic amines is 1. The molecule has 2 N–H and O–H groups in total. The minimum Gasteiger partial charge on any atom is -0.305 e. The van der Waals surface area contributed by atoms with E-state index in [1.54, 1.807) is 6.92 Å². The Kier molecular flexibility index (Phi) is 3.48. The number of nitrogens with zero attached hydrogens (tertiary/aromatic N) is 3. The molecule has 0 bridgehead atoms. The minimum absolute atomic E-state index is 0.102. The minimum atomic E-state index is -0.384. The molecule has 92 valence electrons. The van der Waals surface area contributed by atoms with E-state index >= 15 is 0 Å². The topological polar surface area (TPSA) is 91.0 Å². The summed E-state index contributed by atoms with van der Waals surface area (Å²) in [6, 6.07) is -0.384. The Morgan fingerprint density at radius 1 is 1.59 bits per heavy atom. The van der Waals surface area contributed by atoms with Gasteiger partial charge in [-0.05, 0) is 6.92 Å². The predicted molar refractivity (Wildman–Crippen MR) is 58.9 cm³/mol. The molecule has 17 heavy (non-hydrogen) atoms. The lowest BCUT2D eigenvalue weighted by molar-refractivity contribution is -0.138. The molecule has 2 heterocycles. The van der Waals surface area contributed by atoms with Crippen LogP contribution in [0.2, 0.25) is 0 Å². The van der Waals surface area contributed by atoms with Crippen LogP contribution >= 0.6 is 0 Å². The molecule has 0 aromatic carbocycles. The number of carbonyl (C=O) groups excluding carboxylic acids is 2. The number of imide groups is 1. The first-order valence-electron chi connectivity index (χ1n) is 5.64. The van der Waals surface area contributed by atoms with Gasteiger partial charge in [-0.1, -0.05) is 0 Å². The van der Waals surface area contributed by atoms with Crippen LogP contribution in [0, 0.1) is 0 Å². The van der Waals surface area contributed by atoms with Crippen LogP contribution in [-0.2, 0) is 16.0 Å². The largest absolute Gasteiger partial charge is 0.305 e. The quantitative estimate of drug-likeness (QED) is 0.647. The summed E-state index contributed by atoms with van der Waals surface area (Å²) >= 11 is 0. The highest BCUT2D eigenvalue weighted by molar-refractivity contribution is 6.05. The second-order valence-corrected chi connectivity index (χ2v) is 3.87. The van der Waals surface area contributed by atoms with Gasteiger partial charge in [0.1, 0.15) is 12.2 Å². The van der Waals surface area contributed by atoms with Crippen molar-refractivity contribution in [1.82, 2.24) is 25.4 Å². The van der Waals surface area contributed by atoms with Crippen LogP contribution < -0.4 is 5.32 Å². The van der Waals surface area contributed by atoms with Crippen molar-refractivity contribution in [3.05, 3.63) is 12.2 Å². The highest BCUT2D eigenvalue weighted by Gasteiger charge is 2.36. The summed E-state index contributed by atoms with van der Waals surface area (Å²) in [5, 5.41) is 9.54. The summed E-state index contributed by atoms with van der Waals surface area (Å²) in [4.78, 5) is 28.5. The Labute approximate surface area is 98.6 Å². The molecule has 0 aliphatic carbocycles. The molecule has 1 aromatic heterocycles. The number of likely N-dealkylation sites (tertiary alicyclic amines) is 1. The van der Waals surface area contributed by atoms with E-state index in [1.165, 1.54) is 11.2 Å². The second-order valence-electron chi connectivity index (χ2n) is 3.87. The molecule has 1 atom stereocenters. The molecule has 1 unspecified atom stereocenters. The van der Waals surface area contributed by atoms with Gasteiger partial charge < -0.3 is 5.32 Å². The number of hydrogen-bond acceptors (Lipinski definition) is 5. The monoisotopic (exact) mass is 237 g/mol. The summed E-state index contributed by atoms with van der Waals surface area (Å²) in [7, 11) is 0. The van der Waals surface area contributed by atoms with Crippen molar-refractivity contribution in [2.24, 2.45) is 0 Å². The smallest absolute Gasteiger partial charge is 0.246 e. The summed E-state index contributed by atoms with van der Waals surface area (Å²) in [6.07, 6.45) is 2.35. The fraction of sp³-hybridized carbons (Fsp3) is 0.600. The molecular formula is C10H15N5O2. The fourth-order valence-electron chi connectivity index (χ4n) is 1.89. The van der Waals surface area contributed by atoms with E-state index in [0.717, 1.165) is 5.82 Å². The zero-order valence-corrected chi connectivity index (χ0v) is 9.64. The van der Waals surface area contributed by atoms with Crippen molar-refractivity contribution >= 4 is 11.8 Å². The maximum absolute atomic E-state index is 11.7. The van der Waals surface area contributed by atoms with Crippen LogP contribution in [0.3, 0.4) is 0 Å². The van der Waals surface area contributed by atoms with Gasteiger partial charge in [-0.2, -0.15) is 5.10 Å². The first kappa shape index (κ1) is 11.7. The molecular weight excluding hydrogens is 222 g/mol. The molecule has 1 fully saturated rings. The van der Waals surface area contributed by atoms with Gasteiger partial charge in [0.05, 0.1) is 12.5 Å². The van der Waals surface area contributed by atoms with E-state index < -0.39 is 0 Å². The van der Waals surface area contributed by atoms with Crippen molar-refractivity contribution < 1.29 is 9.59 Å². The van der Waals surface area contributed by atoms with Gasteiger partial charge in [-0.25, -0.2) is 4.98 Å². The van der Waals surface area contributed by atoms with Crippen molar-refractivity contribution in [2.45, 2.75) is 25.8 Å². The van der Waals surface area contributed by atoms with E-state index in [9.17, 15) is 9.59 Å². The molecule has 0 saturated carbocycles. The van der Waals surface area contributed by atoms with Gasteiger partial charge in [-0.15, -0.1) is 0 Å². The predicted octanol–water partition coefficient (Wildman–Crippen LogP) is -0.916. The van der Waals surface area contributed by atoms with Crippen molar-refractivity contribution in [3.8, 4) is 0 Å². The SMILES string of the molecule is CCN1C(=O)CC(NCCc2ncn[nH]2)C1=O. The van der Waals surface area contributed by atoms with Gasteiger partial charge >= 0.3 is 0 Å². The van der Waals surface area contributed by atoms with Gasteiger partial charge in [-0.3, -0.25) is 19.6 Å². The molecule has 0 spiro atoms. The third-order valence-corrected chi connectivity index (χ3v) is 2.78. The fourth-order valence-corrected chi connectivity index (χ4v) is 1.89. The molecule has 7 nitrogen and oxygen atoms in total. The molecule has 1 aliphatic heterocycles. The van der Waals surface area contributed by atoms with E-state index in [0.29, 0.717) is 19.5 Å². The Balaban J connectivity index is 1.80. The summed E-state index contributed by atoms with van der Waals surface area (Å²) in [5.41, 5.74) is 0. The number of likely N-dealkylation sites (N-methyl/N-ethyl adjacent to an activating group) is 1. The van der Waals surface area contributed by atoms with E-state index in [-0.39, 0.29) is 24.3 Å². The normalized spacial score (nSPS) is 20.3. The number of rotatable bonds is 5. The van der Waals surface area contributed by atoms with E-state index in [1.807, 2.05) is 0 Å². The zero-order chi connectivity index (χ0) is 12.3. The third kappa shape index (κ3) is 2.50. The number of hydrogen-bond donors (Lipinski definition) is 2. The van der Waals surface area contributed by atoms with Crippen molar-refractivity contribution in [3.63, 3.8) is 0 Å². The second kappa shape index (κ2) is 5.05. The van der Waals surface area contributed by atoms with Crippen LogP contribution in [0.15, 0.2) is 6.33 Å². The zero-order valence-electron chi connectivity index (χ0n) is 9.64. The maximum Gasteiger partial charge on any atom is 0.246 e. The molecule has 2 amide bonds. The number of aromatic nitrogens is 3. The highest BCUT2D eigenvalue weighted by Crippen LogP contribution is 2.12. The Hall–Kier alpha value is -1.76. The van der Waals surface area contributed by atoms with Gasteiger partial charge in [0.2, 0.25) is 11.8 Å². The van der Waals surface area contributed by atoms with Crippen LogP contribution in [0.1, 0.15) is 19.2 Å². The number of nitrogens with one attached hydrogen (secondary N) is 2. The average Bonchev–Trinajstić information content (AvgIpc) is 2.89. The molecule has 1 aromatic rings. The number of carbonyl (C=O) groups is 2. The highest BCUT2D eigenvalue weighted by atomic mass is 16.2. The standard InChI is InChI=1S/C10H15N5O2/c1-2-15-9(16)5-7(10(15)17)11-4-3-8-12-6-13-14-8/h6-7,11H,2-5H2,1H3,(H,12,13,14). The summed E-state index contributed by atoms with van der Waals surface area (Å²) in [6.45, 7) is 2.83. The van der Waals surface area contributed by atoms with Crippen LogP contribution in [-0.4, -0.2) is 51.0 Å². The van der Waals surface area contributed by atoms with E-state index in [4.69, 9.17) is 0 Å². The lowest BCUT2D eigenvalue weighted by Gasteiger charge is -2.12. The molecule has 1 saturated heterocycles. The van der Waals surface area contributed by atoms with Crippen molar-refractivity contribution in [1.29, 1.82) is 0 Å². The van der Waals surface area contributed by atoms with Crippen LogP contribution in [0.4, 0.5) is 0 Å². The lowest BCUT2D eigenvalue weighted by Crippen LogP contribution is -2.39. The number of H-pyrrole nitrogens is 1. The molecule has 0 radical (unpaired) electrons. The van der Waals surface area contributed by atoms with Gasteiger partial charge in [0.15, 0.2) is 0 Å². The maximum atomic E-state index is 11.7. The first-order chi connectivity index (χ1) is 8.22. The van der Waals surface area contributed by atoms with Gasteiger partial charge in [0.25, 0.3) is 0 Å². The van der Waals surface area contributed by atoms with Gasteiger partial charge in [0, 0.05) is 19.5 Å². The number of amides is 2. The molecule has 1 aliphatic rings. The Morgan fingerprint density at radius 3 is 3.00 bits per heavy atom. The average molecular weight is 237 g/mol. The lowest BCUT2D eigenvalue weighted by atomic mass is 10.2. The third-order valence-electron chi connectivity index (χ3n) is 2.78. The summed E-state index contributed by atoms with van der Waals surface area (Å²) < 4.78 is 0. The molecule has 7 heteroatoms. The Morgan fingerprint density at radius 2 is 2.41 bits per heavy atom. The summed E-state index contributed by atoms with van der Waals surface area (Å²) in [5.74, 6) is 0.534. The molecule has 2 rings (SSSR count). The Bertz CT molecular complexity index is 403.